The summed E-state index contributed by atoms with van der Waals surface area (Å²) in [4.78, 5) is 22.2. The van der Waals surface area contributed by atoms with E-state index < -0.39 is 5.97 Å². The molecule has 2 rings (SSSR count). The molecule has 2 unspecified atom stereocenters. The normalized spacial score (nSPS) is 19.0. The van der Waals surface area contributed by atoms with Crippen molar-refractivity contribution < 1.29 is 57.3 Å². The Morgan fingerprint density at radius 2 is 0.953 bits per heavy atom. The molecule has 0 spiro atoms. The van der Waals surface area contributed by atoms with E-state index in [2.05, 4.69) is 17.2 Å². The average Bonchev–Trinajstić information content (AvgIpc) is 3.63. The molecule has 2 aliphatic carbocycles. The van der Waals surface area contributed by atoms with Crippen LogP contribution in [-0.4, -0.2) is 136 Å². The predicted octanol–water partition coefficient (Wildman–Crippen LogP) is 1.76. The van der Waals surface area contributed by atoms with E-state index in [1.54, 1.807) is 0 Å². The maximum absolute atomic E-state index is 11.9. The van der Waals surface area contributed by atoms with E-state index in [4.69, 9.17) is 47.7 Å². The van der Waals surface area contributed by atoms with Crippen molar-refractivity contribution in [1.29, 1.82) is 0 Å². The number of carbonyl (C=O) groups is 2. The lowest BCUT2D eigenvalue weighted by atomic mass is 10.1. The molecule has 0 heterocycles. The Labute approximate surface area is 255 Å². The zero-order chi connectivity index (χ0) is 30.6. The number of carboxylic acid groups (broad SMARTS) is 1. The summed E-state index contributed by atoms with van der Waals surface area (Å²) >= 11 is 0. The van der Waals surface area contributed by atoms with Crippen LogP contribution in [0.15, 0.2) is 0 Å². The zero-order valence-corrected chi connectivity index (χ0v) is 25.4. The van der Waals surface area contributed by atoms with Gasteiger partial charge in [0.05, 0.1) is 119 Å². The van der Waals surface area contributed by atoms with Gasteiger partial charge in [-0.2, -0.15) is 0 Å². The number of fused-ring (bicyclic) bond motifs is 1. The van der Waals surface area contributed by atoms with Crippen molar-refractivity contribution in [3.05, 3.63) is 0 Å². The van der Waals surface area contributed by atoms with Gasteiger partial charge < -0.3 is 53.1 Å². The average molecular weight is 618 g/mol. The van der Waals surface area contributed by atoms with Crippen LogP contribution in [0.4, 0.5) is 4.79 Å². The van der Waals surface area contributed by atoms with E-state index in [0.29, 0.717) is 130 Å². The molecule has 2 aliphatic rings. The van der Waals surface area contributed by atoms with Crippen molar-refractivity contribution >= 4 is 12.1 Å². The number of alkyl carbamates (subject to hydrolysis) is 1. The summed E-state index contributed by atoms with van der Waals surface area (Å²) in [7, 11) is 0. The van der Waals surface area contributed by atoms with Gasteiger partial charge in [-0.05, 0) is 30.6 Å². The molecule has 1 amide bonds. The monoisotopic (exact) mass is 617 g/mol. The Bertz CT molecular complexity index is 756. The molecule has 2 atom stereocenters. The molecule has 0 aromatic heterocycles. The number of aliphatic carboxylic acids is 1. The topological polar surface area (TPSA) is 149 Å². The van der Waals surface area contributed by atoms with Gasteiger partial charge in [0.1, 0.15) is 0 Å². The van der Waals surface area contributed by atoms with Crippen molar-refractivity contribution in [3.63, 3.8) is 0 Å². The van der Waals surface area contributed by atoms with Crippen LogP contribution in [0, 0.1) is 29.6 Å². The lowest BCUT2D eigenvalue weighted by molar-refractivity contribution is -0.138. The van der Waals surface area contributed by atoms with E-state index in [9.17, 15) is 9.59 Å². The van der Waals surface area contributed by atoms with E-state index in [-0.39, 0.29) is 19.1 Å². The maximum Gasteiger partial charge on any atom is 0.407 e. The van der Waals surface area contributed by atoms with Crippen LogP contribution < -0.4 is 5.32 Å². The van der Waals surface area contributed by atoms with E-state index in [1.165, 1.54) is 0 Å². The number of nitrogens with one attached hydrogen (secondary N) is 1. The van der Waals surface area contributed by atoms with Crippen LogP contribution in [0.25, 0.3) is 0 Å². The van der Waals surface area contributed by atoms with Gasteiger partial charge in [0.25, 0.3) is 0 Å². The van der Waals surface area contributed by atoms with Gasteiger partial charge in [0, 0.05) is 19.4 Å². The van der Waals surface area contributed by atoms with Crippen LogP contribution in [0.1, 0.15) is 32.1 Å². The Balaban J connectivity index is 1.18. The highest BCUT2D eigenvalue weighted by Gasteiger charge is 2.49. The largest absolute Gasteiger partial charge is 0.481 e. The third-order valence-corrected chi connectivity index (χ3v) is 6.83. The predicted molar refractivity (Wildman–Crippen MR) is 155 cm³/mol. The first-order chi connectivity index (χ1) is 21.2. The smallest absolute Gasteiger partial charge is 0.407 e. The van der Waals surface area contributed by atoms with Crippen LogP contribution in [0.2, 0.25) is 0 Å². The molecule has 2 N–H and O–H groups in total. The van der Waals surface area contributed by atoms with Crippen LogP contribution in [0.5, 0.6) is 0 Å². The van der Waals surface area contributed by atoms with Crippen molar-refractivity contribution in [2.45, 2.75) is 32.1 Å². The SMILES string of the molecule is O=C(O)CCOCCOCCOCCOCCOCCOCCOCCOCCNC(=O)OCC1C2CCC#CCCC21. The summed E-state index contributed by atoms with van der Waals surface area (Å²) in [5.74, 6) is 7.35. The van der Waals surface area contributed by atoms with Crippen molar-refractivity contribution in [3.8, 4) is 11.8 Å². The second-order valence-electron chi connectivity index (χ2n) is 9.99. The molecule has 1 fully saturated rings. The van der Waals surface area contributed by atoms with Crippen molar-refractivity contribution in [2.24, 2.45) is 17.8 Å². The lowest BCUT2D eigenvalue weighted by Crippen LogP contribution is -2.29. The van der Waals surface area contributed by atoms with E-state index >= 15 is 0 Å². The summed E-state index contributed by atoms with van der Waals surface area (Å²) < 4.78 is 48.4. The molecule has 248 valence electrons. The van der Waals surface area contributed by atoms with E-state index in [0.717, 1.165) is 25.7 Å². The van der Waals surface area contributed by atoms with Gasteiger partial charge in [-0.15, -0.1) is 11.8 Å². The third kappa shape index (κ3) is 21.3. The summed E-state index contributed by atoms with van der Waals surface area (Å²) in [5, 5.41) is 11.2. The number of carboxylic acids is 1. The Morgan fingerprint density at radius 3 is 1.35 bits per heavy atom. The Kier molecular flexibility index (Phi) is 22.8. The number of hydrogen-bond donors (Lipinski definition) is 2. The highest BCUT2D eigenvalue weighted by molar-refractivity contribution is 5.67. The Hall–Kier alpha value is -2.02. The first-order valence-electron chi connectivity index (χ1n) is 15.4. The van der Waals surface area contributed by atoms with Gasteiger partial charge >= 0.3 is 12.1 Å². The van der Waals surface area contributed by atoms with E-state index in [1.807, 2.05) is 0 Å². The lowest BCUT2D eigenvalue weighted by Gasteiger charge is -2.09. The summed E-state index contributed by atoms with van der Waals surface area (Å²) in [5.41, 5.74) is 0. The zero-order valence-electron chi connectivity index (χ0n) is 25.4. The van der Waals surface area contributed by atoms with Gasteiger partial charge in [-0.3, -0.25) is 4.79 Å². The summed E-state index contributed by atoms with van der Waals surface area (Å²) in [6.45, 7) is 7.85. The Morgan fingerprint density at radius 1 is 0.581 bits per heavy atom. The molecule has 13 heteroatoms. The first-order valence-corrected chi connectivity index (χ1v) is 15.4. The summed E-state index contributed by atoms with van der Waals surface area (Å²) in [6, 6.07) is 0. The maximum atomic E-state index is 11.9. The minimum Gasteiger partial charge on any atom is -0.481 e. The molecule has 0 radical (unpaired) electrons. The number of ether oxygens (including phenoxy) is 9. The molecule has 0 bridgehead atoms. The summed E-state index contributed by atoms with van der Waals surface area (Å²) in [6.07, 6.45) is 3.78. The van der Waals surface area contributed by atoms with Gasteiger partial charge in [-0.25, -0.2) is 4.79 Å². The molecule has 0 saturated heterocycles. The van der Waals surface area contributed by atoms with Gasteiger partial charge in [-0.1, -0.05) is 0 Å². The standard InChI is InChI=1S/C30H51NO12/c32-29(33)7-9-35-11-13-37-15-17-39-19-21-41-23-24-42-22-20-40-18-16-38-14-12-36-10-8-31-30(34)43-25-28-26-5-3-1-2-4-6-27(26)28/h26-28H,3-25H2,(H,31,34)(H,32,33). The fourth-order valence-electron chi connectivity index (χ4n) is 4.53. The molecule has 0 aromatic rings. The number of rotatable bonds is 29. The highest BCUT2D eigenvalue weighted by atomic mass is 16.6. The van der Waals surface area contributed by atoms with Gasteiger partial charge in [0.2, 0.25) is 0 Å². The fourth-order valence-corrected chi connectivity index (χ4v) is 4.53. The molecule has 43 heavy (non-hydrogen) atoms. The number of carbonyl (C=O) groups excluding carboxylic acids is 1. The molecule has 1 saturated carbocycles. The van der Waals surface area contributed by atoms with Crippen LogP contribution in [0.3, 0.4) is 0 Å². The minimum atomic E-state index is -0.876. The van der Waals surface area contributed by atoms with Crippen LogP contribution >= 0.6 is 0 Å². The highest BCUT2D eigenvalue weighted by Crippen LogP contribution is 2.52. The first kappa shape index (κ1) is 37.2. The van der Waals surface area contributed by atoms with Crippen molar-refractivity contribution in [1.82, 2.24) is 5.32 Å². The second kappa shape index (κ2) is 26.4. The van der Waals surface area contributed by atoms with Gasteiger partial charge in [0.15, 0.2) is 0 Å². The molecule has 0 aromatic carbocycles. The number of amides is 1. The molecular weight excluding hydrogens is 566 g/mol. The molecule has 13 nitrogen and oxygen atoms in total. The minimum absolute atomic E-state index is 0.00384. The molecular formula is C30H51NO12. The number of hydrogen-bond acceptors (Lipinski definition) is 11. The fraction of sp³-hybridized carbons (Fsp3) is 0.867. The quantitative estimate of drug-likeness (QED) is 0.0930. The van der Waals surface area contributed by atoms with Crippen LogP contribution in [-0.2, 0) is 47.4 Å². The van der Waals surface area contributed by atoms with Crippen molar-refractivity contribution in [2.75, 3.05) is 119 Å². The molecule has 0 aliphatic heterocycles. The third-order valence-electron chi connectivity index (χ3n) is 6.83. The second-order valence-corrected chi connectivity index (χ2v) is 9.99.